The minimum atomic E-state index is -0.0243. The van der Waals surface area contributed by atoms with Crippen LogP contribution < -0.4 is 36.0 Å². The summed E-state index contributed by atoms with van der Waals surface area (Å²) in [6.07, 6.45) is 4.46. The van der Waals surface area contributed by atoms with Crippen molar-refractivity contribution < 1.29 is 0 Å². The van der Waals surface area contributed by atoms with E-state index < -0.39 is 0 Å². The SMILES string of the molecule is BrB(Br)Br.CC(C)(C)c1cc(N2CCCc3c(-c4ccccc4)cccc32)cc(N(c2ccccc2)c2cccc(-c3ccccc3)c2)c1.CC(C)(C)c1cc2c3c(c1)N(c1ccccc1)c1cc(-c4ccccc4)ccc1B3c1ccc(-c3ccccc3)c3c1N2CCC3. The molecule has 0 aromatic heterocycles. The van der Waals surface area contributed by atoms with E-state index in [0.717, 1.165) is 50.1 Å². The van der Waals surface area contributed by atoms with Gasteiger partial charge < -0.3 is 19.6 Å². The van der Waals surface area contributed by atoms with E-state index >= 15 is 0 Å². The molecule has 4 heterocycles. The summed E-state index contributed by atoms with van der Waals surface area (Å²) in [5.74, 6) is 0. The Morgan fingerprint density at radius 2 is 0.842 bits per heavy atom. The van der Waals surface area contributed by atoms with Crippen LogP contribution >= 0.6 is 47.3 Å². The number of rotatable bonds is 9. The molecule has 0 aliphatic carbocycles. The van der Waals surface area contributed by atoms with Gasteiger partial charge in [-0.3, -0.25) is 0 Å². The molecular formula is C86H77B2Br3N4. The highest BCUT2D eigenvalue weighted by molar-refractivity contribution is 9.69. The third kappa shape index (κ3) is 13.0. The summed E-state index contributed by atoms with van der Waals surface area (Å²) < 4.78 is 0.271. The van der Waals surface area contributed by atoms with E-state index in [-0.39, 0.29) is 20.7 Å². The fourth-order valence-electron chi connectivity index (χ4n) is 14.7. The molecule has 4 nitrogen and oxygen atoms in total. The van der Waals surface area contributed by atoms with Crippen LogP contribution in [0.2, 0.25) is 0 Å². The molecule has 95 heavy (non-hydrogen) atoms. The van der Waals surface area contributed by atoms with Crippen LogP contribution in [0.3, 0.4) is 0 Å². The zero-order valence-electron chi connectivity index (χ0n) is 55.0. The van der Waals surface area contributed by atoms with Crippen molar-refractivity contribution in [3.8, 4) is 44.5 Å². The summed E-state index contributed by atoms with van der Waals surface area (Å²) in [5, 5.41) is 0. The second kappa shape index (κ2) is 27.3. The van der Waals surface area contributed by atoms with Gasteiger partial charge in [-0.1, -0.05) is 248 Å². The summed E-state index contributed by atoms with van der Waals surface area (Å²) in [6.45, 7) is 16.2. The Balaban J connectivity index is 0.000000155. The van der Waals surface area contributed by atoms with Crippen molar-refractivity contribution >= 4 is 130 Å². The maximum atomic E-state index is 3.10. The highest BCUT2D eigenvalue weighted by atomic mass is 79.9. The number of hydrogen-bond donors (Lipinski definition) is 0. The first-order valence-corrected chi connectivity index (χ1v) is 36.2. The first kappa shape index (κ1) is 63.8. The zero-order chi connectivity index (χ0) is 65.4. The van der Waals surface area contributed by atoms with Gasteiger partial charge in [-0.05, 0) is 199 Å². The number of nitrogens with zero attached hydrogens (tertiary/aromatic N) is 4. The second-order valence-corrected chi connectivity index (χ2v) is 33.8. The lowest BCUT2D eigenvalue weighted by Gasteiger charge is -2.47. The van der Waals surface area contributed by atoms with Gasteiger partial charge in [-0.15, -0.1) is 47.3 Å². The van der Waals surface area contributed by atoms with Gasteiger partial charge in [0.25, 0.3) is 6.71 Å². The molecule has 0 radical (unpaired) electrons. The van der Waals surface area contributed by atoms with Gasteiger partial charge >= 0.3 is 3.18 Å². The lowest BCUT2D eigenvalue weighted by molar-refractivity contribution is 0.590. The van der Waals surface area contributed by atoms with Crippen LogP contribution in [0.25, 0.3) is 44.5 Å². The summed E-state index contributed by atoms with van der Waals surface area (Å²) in [6, 6.07) is 105. The Morgan fingerprint density at radius 3 is 1.45 bits per heavy atom. The Bertz CT molecular complexity index is 4690. The predicted molar refractivity (Wildman–Crippen MR) is 422 cm³/mol. The van der Waals surface area contributed by atoms with Gasteiger partial charge in [0.15, 0.2) is 0 Å². The minimum Gasteiger partial charge on any atom is -0.342 e. The van der Waals surface area contributed by atoms with Crippen LogP contribution in [-0.4, -0.2) is 23.0 Å². The Hall–Kier alpha value is -8.59. The Kier molecular flexibility index (Phi) is 18.3. The molecule has 0 saturated carbocycles. The van der Waals surface area contributed by atoms with Gasteiger partial charge in [0.05, 0.1) is 0 Å². The minimum absolute atomic E-state index is 0.000327. The molecule has 4 aliphatic rings. The van der Waals surface area contributed by atoms with Crippen molar-refractivity contribution in [3.05, 3.63) is 307 Å². The molecule has 12 aromatic carbocycles. The summed E-state index contributed by atoms with van der Waals surface area (Å²) in [4.78, 5) is 10.2. The van der Waals surface area contributed by atoms with Crippen molar-refractivity contribution in [2.24, 2.45) is 0 Å². The highest BCUT2D eigenvalue weighted by Gasteiger charge is 2.45. The van der Waals surface area contributed by atoms with Gasteiger partial charge in [0.1, 0.15) is 0 Å². The monoisotopic (exact) mass is 1420 g/mol. The topological polar surface area (TPSA) is 13.0 Å². The molecule has 0 bridgehead atoms. The number of anilines is 10. The van der Waals surface area contributed by atoms with E-state index in [1.165, 1.54) is 129 Å². The molecule has 0 atom stereocenters. The van der Waals surface area contributed by atoms with Gasteiger partial charge in [0.2, 0.25) is 0 Å². The quantitative estimate of drug-likeness (QED) is 0.134. The van der Waals surface area contributed by atoms with Crippen LogP contribution in [0.4, 0.5) is 56.9 Å². The van der Waals surface area contributed by atoms with Crippen molar-refractivity contribution in [1.29, 1.82) is 0 Å². The van der Waals surface area contributed by atoms with Gasteiger partial charge in [-0.2, -0.15) is 0 Å². The predicted octanol–water partition coefficient (Wildman–Crippen LogP) is 23.0. The number of para-hydroxylation sites is 2. The molecule has 0 fully saturated rings. The maximum Gasteiger partial charge on any atom is 0.369 e. The summed E-state index contributed by atoms with van der Waals surface area (Å²) in [7, 11) is 0. The van der Waals surface area contributed by atoms with Gasteiger partial charge in [-0.25, -0.2) is 0 Å². The first-order chi connectivity index (χ1) is 46.2. The third-order valence-corrected chi connectivity index (χ3v) is 19.2. The average molecular weight is 1430 g/mol. The molecule has 0 N–H and O–H groups in total. The zero-order valence-corrected chi connectivity index (χ0v) is 59.7. The molecule has 4 aliphatic heterocycles. The standard InChI is InChI=1S/C43H37BN2.C43H40N2.BBr3/c1-43(2,3)32-27-39-41-40(28-32)46(33-18-11-6-12-19-33)38-26-31(29-14-7-4-8-15-29)21-23-36(38)44(41)37-24-22-34(30-16-9-5-10-17-30)35-20-13-25-45(39)42(35)37;1-43(2,3)35-29-38(44-27-15-25-41-40(24-14-26-42(41)44)33-18-9-5-10-19-33)31-39(30-35)45(36-21-11-6-12-22-36)37-23-13-20-34(28-37)32-16-7-4-8-17-32;2-1(3)4/h4-12,14-19,21-24,26-28H,13,20,25H2,1-3H3;4-14,16-24,26,28-31H,15,25,27H2,1-3H3;. The van der Waals surface area contributed by atoms with Crippen LogP contribution in [0, 0.1) is 0 Å². The van der Waals surface area contributed by atoms with Crippen molar-refractivity contribution in [1.82, 2.24) is 0 Å². The van der Waals surface area contributed by atoms with Crippen LogP contribution in [0.5, 0.6) is 0 Å². The fraction of sp³-hybridized carbons (Fsp3) is 0.163. The van der Waals surface area contributed by atoms with E-state index in [2.05, 4.69) is 394 Å². The molecule has 12 aromatic rings. The van der Waals surface area contributed by atoms with E-state index in [9.17, 15) is 0 Å². The molecule has 468 valence electrons. The number of fused-ring (bicyclic) bond motifs is 5. The summed E-state index contributed by atoms with van der Waals surface area (Å²) in [5.41, 5.74) is 32.7. The van der Waals surface area contributed by atoms with E-state index in [4.69, 9.17) is 0 Å². The third-order valence-electron chi connectivity index (χ3n) is 19.2. The van der Waals surface area contributed by atoms with E-state index in [1.807, 2.05) is 0 Å². The normalized spacial score (nSPS) is 13.4. The van der Waals surface area contributed by atoms with E-state index in [1.54, 1.807) is 0 Å². The lowest BCUT2D eigenvalue weighted by Crippen LogP contribution is -2.62. The molecule has 0 unspecified atom stereocenters. The van der Waals surface area contributed by atoms with Crippen molar-refractivity contribution in [2.45, 2.75) is 78.1 Å². The fourth-order valence-corrected chi connectivity index (χ4v) is 14.7. The molecule has 0 spiro atoms. The van der Waals surface area contributed by atoms with Crippen LogP contribution in [-0.2, 0) is 23.7 Å². The number of hydrogen-bond acceptors (Lipinski definition) is 4. The molecule has 16 rings (SSSR count). The van der Waals surface area contributed by atoms with Gasteiger partial charge in [0, 0.05) is 70.0 Å². The Labute approximate surface area is 588 Å². The summed E-state index contributed by atoms with van der Waals surface area (Å²) >= 11 is 9.31. The number of halogens is 3. The molecule has 9 heteroatoms. The highest BCUT2D eigenvalue weighted by Crippen LogP contribution is 2.49. The maximum absolute atomic E-state index is 3.10. The molecule has 0 amide bonds. The smallest absolute Gasteiger partial charge is 0.342 e. The number of benzene rings is 12. The van der Waals surface area contributed by atoms with Crippen LogP contribution in [0.15, 0.2) is 285 Å². The first-order valence-electron chi connectivity index (χ1n) is 33.4. The lowest BCUT2D eigenvalue weighted by atomic mass is 9.33. The van der Waals surface area contributed by atoms with Crippen LogP contribution in [0.1, 0.15) is 76.6 Å². The average Bonchev–Trinajstić information content (AvgIpc) is 0.695. The second-order valence-electron chi connectivity index (χ2n) is 27.3. The largest absolute Gasteiger partial charge is 0.369 e. The van der Waals surface area contributed by atoms with Crippen molar-refractivity contribution in [3.63, 3.8) is 0 Å². The van der Waals surface area contributed by atoms with E-state index in [0.29, 0.717) is 0 Å². The Morgan fingerprint density at radius 1 is 0.358 bits per heavy atom. The molecular weight excluding hydrogens is 1350 g/mol. The molecule has 0 saturated heterocycles. The van der Waals surface area contributed by atoms with Crippen molar-refractivity contribution in [2.75, 3.05) is 32.7 Å².